The van der Waals surface area contributed by atoms with E-state index in [9.17, 15) is 0 Å². The highest BCUT2D eigenvalue weighted by Gasteiger charge is 2.02. The Bertz CT molecular complexity index is 268. The van der Waals surface area contributed by atoms with Crippen LogP contribution in [0.3, 0.4) is 0 Å². The van der Waals surface area contributed by atoms with E-state index in [0.29, 0.717) is 15.7 Å². The summed E-state index contributed by atoms with van der Waals surface area (Å²) >= 11 is 11.3. The zero-order valence-electron chi connectivity index (χ0n) is 4.94. The first kappa shape index (κ1) is 7.40. The Balaban J connectivity index is 3.34. The minimum absolute atomic E-state index is 0.325. The topological polar surface area (TPSA) is 4.36 Å². The third kappa shape index (κ3) is 1.23. The van der Waals surface area contributed by atoms with Crippen molar-refractivity contribution in [2.24, 2.45) is 0 Å². The van der Waals surface area contributed by atoms with Crippen LogP contribution in [-0.2, 0) is 0 Å². The normalized spacial score (nSPS) is 8.90. The van der Waals surface area contributed by atoms with E-state index in [2.05, 4.69) is 4.85 Å². The van der Waals surface area contributed by atoms with Gasteiger partial charge in [0.2, 0.25) is 5.69 Å². The quantitative estimate of drug-likeness (QED) is 0.527. The molecule has 0 amide bonds. The van der Waals surface area contributed by atoms with Gasteiger partial charge in [0.15, 0.2) is 0 Å². The second-order valence-corrected chi connectivity index (χ2v) is 2.50. The van der Waals surface area contributed by atoms with Crippen molar-refractivity contribution in [3.05, 3.63) is 39.7 Å². The molecule has 50 valence electrons. The number of hydrogen-bond donors (Lipinski definition) is 0. The zero-order valence-corrected chi connectivity index (χ0v) is 6.45. The molecule has 1 nitrogen and oxygen atoms in total. The average Bonchev–Trinajstić information content (AvgIpc) is 1.88. The molecule has 0 aliphatic carbocycles. The Labute approximate surface area is 69.0 Å². The summed E-state index contributed by atoms with van der Waals surface area (Å²) in [6.07, 6.45) is 0. The Morgan fingerprint density at radius 3 is 2.00 bits per heavy atom. The lowest BCUT2D eigenvalue weighted by atomic mass is 10.3. The van der Waals surface area contributed by atoms with E-state index in [1.165, 1.54) is 0 Å². The van der Waals surface area contributed by atoms with Crippen molar-refractivity contribution in [3.63, 3.8) is 0 Å². The lowest BCUT2D eigenvalue weighted by Gasteiger charge is -1.94. The van der Waals surface area contributed by atoms with Crippen LogP contribution in [-0.4, -0.2) is 0 Å². The number of rotatable bonds is 0. The Morgan fingerprint density at radius 1 is 1.20 bits per heavy atom. The van der Waals surface area contributed by atoms with Gasteiger partial charge in [-0.25, -0.2) is 4.85 Å². The predicted octanol–water partition coefficient (Wildman–Crippen LogP) is 3.54. The van der Waals surface area contributed by atoms with E-state index in [-0.39, 0.29) is 0 Å². The van der Waals surface area contributed by atoms with Gasteiger partial charge in [-0.2, -0.15) is 0 Å². The lowest BCUT2D eigenvalue weighted by molar-refractivity contribution is 1.71. The van der Waals surface area contributed by atoms with E-state index in [1.807, 2.05) is 0 Å². The summed E-state index contributed by atoms with van der Waals surface area (Å²) in [6.45, 7) is 6.68. The molecule has 0 fully saturated rings. The van der Waals surface area contributed by atoms with Crippen LogP contribution < -0.4 is 0 Å². The van der Waals surface area contributed by atoms with E-state index in [0.717, 1.165) is 0 Å². The van der Waals surface area contributed by atoms with Crippen molar-refractivity contribution in [1.29, 1.82) is 0 Å². The van der Waals surface area contributed by atoms with Crippen molar-refractivity contribution < 1.29 is 0 Å². The zero-order chi connectivity index (χ0) is 7.56. The molecule has 0 unspecified atom stereocenters. The van der Waals surface area contributed by atoms with Crippen LogP contribution in [0, 0.1) is 6.57 Å². The SMILES string of the molecule is [C-]#[N+]c1c(Cl)cccc1Cl. The van der Waals surface area contributed by atoms with Gasteiger partial charge in [0.1, 0.15) is 0 Å². The Hall–Kier alpha value is -0.710. The average molecular weight is 172 g/mol. The van der Waals surface area contributed by atoms with Gasteiger partial charge in [0.05, 0.1) is 6.57 Å². The number of benzene rings is 1. The Morgan fingerprint density at radius 2 is 1.70 bits per heavy atom. The number of para-hydroxylation sites is 1. The Kier molecular flexibility index (Phi) is 2.16. The molecule has 0 radical (unpaired) electrons. The minimum atomic E-state index is 0.325. The highest BCUT2D eigenvalue weighted by Crippen LogP contribution is 2.32. The van der Waals surface area contributed by atoms with Gasteiger partial charge in [-0.3, -0.25) is 0 Å². The minimum Gasteiger partial charge on any atom is -0.235 e. The van der Waals surface area contributed by atoms with Gasteiger partial charge in [-0.05, 0) is 0 Å². The van der Waals surface area contributed by atoms with Crippen molar-refractivity contribution in [2.45, 2.75) is 0 Å². The first-order valence-corrected chi connectivity index (χ1v) is 3.33. The van der Waals surface area contributed by atoms with Gasteiger partial charge < -0.3 is 0 Å². The molecular weight excluding hydrogens is 169 g/mol. The van der Waals surface area contributed by atoms with Gasteiger partial charge >= 0.3 is 0 Å². The lowest BCUT2D eigenvalue weighted by Crippen LogP contribution is -1.66. The molecule has 3 heteroatoms. The molecule has 1 aromatic carbocycles. The van der Waals surface area contributed by atoms with Crippen LogP contribution in [0.2, 0.25) is 10.0 Å². The van der Waals surface area contributed by atoms with E-state index < -0.39 is 0 Å². The van der Waals surface area contributed by atoms with Crippen molar-refractivity contribution in [2.75, 3.05) is 0 Å². The summed E-state index contributed by atoms with van der Waals surface area (Å²) in [5, 5.41) is 0.810. The summed E-state index contributed by atoms with van der Waals surface area (Å²) in [7, 11) is 0. The summed E-state index contributed by atoms with van der Waals surface area (Å²) in [5.74, 6) is 0. The smallest absolute Gasteiger partial charge is 0.223 e. The summed E-state index contributed by atoms with van der Waals surface area (Å²) in [6, 6.07) is 4.99. The maximum atomic E-state index is 6.68. The molecule has 0 N–H and O–H groups in total. The molecule has 1 aromatic rings. The number of halogens is 2. The second kappa shape index (κ2) is 2.92. The molecule has 0 spiro atoms. The van der Waals surface area contributed by atoms with Crippen molar-refractivity contribution >= 4 is 28.9 Å². The van der Waals surface area contributed by atoms with Crippen LogP contribution in [0.4, 0.5) is 5.69 Å². The van der Waals surface area contributed by atoms with Gasteiger partial charge in [-0.15, -0.1) is 0 Å². The molecule has 0 aliphatic rings. The molecule has 0 saturated heterocycles. The first-order chi connectivity index (χ1) is 4.75. The third-order valence-electron chi connectivity index (χ3n) is 1.05. The fourth-order valence-corrected chi connectivity index (χ4v) is 1.08. The van der Waals surface area contributed by atoms with Crippen LogP contribution >= 0.6 is 23.2 Å². The van der Waals surface area contributed by atoms with Crippen molar-refractivity contribution in [1.82, 2.24) is 0 Å². The predicted molar refractivity (Wildman–Crippen MR) is 42.7 cm³/mol. The standard InChI is InChI=1S/C7H3Cl2N/c1-10-7-5(8)3-2-4-6(7)9/h2-4H. The fourth-order valence-electron chi connectivity index (χ4n) is 0.596. The molecule has 1 rings (SSSR count). The van der Waals surface area contributed by atoms with E-state index in [1.54, 1.807) is 18.2 Å². The molecule has 0 atom stereocenters. The highest BCUT2D eigenvalue weighted by atomic mass is 35.5. The molecule has 10 heavy (non-hydrogen) atoms. The molecular formula is C7H3Cl2N. The van der Waals surface area contributed by atoms with Gasteiger partial charge in [0.25, 0.3) is 0 Å². The monoisotopic (exact) mass is 171 g/mol. The van der Waals surface area contributed by atoms with Crippen molar-refractivity contribution in [3.8, 4) is 0 Å². The summed E-state index contributed by atoms with van der Waals surface area (Å²) < 4.78 is 0. The molecule has 0 saturated carbocycles. The number of nitrogens with zero attached hydrogens (tertiary/aromatic N) is 1. The van der Waals surface area contributed by atoms with Crippen LogP contribution in [0.15, 0.2) is 18.2 Å². The van der Waals surface area contributed by atoms with Crippen LogP contribution in [0.25, 0.3) is 4.85 Å². The van der Waals surface area contributed by atoms with Crippen LogP contribution in [0.5, 0.6) is 0 Å². The largest absolute Gasteiger partial charge is 0.235 e. The first-order valence-electron chi connectivity index (χ1n) is 2.57. The second-order valence-electron chi connectivity index (χ2n) is 1.68. The molecule has 0 bridgehead atoms. The molecule has 0 aromatic heterocycles. The summed E-state index contributed by atoms with van der Waals surface area (Å²) in [5.41, 5.74) is 0.325. The molecule has 0 heterocycles. The summed E-state index contributed by atoms with van der Waals surface area (Å²) in [4.78, 5) is 3.16. The number of hydrogen-bond acceptors (Lipinski definition) is 0. The highest BCUT2D eigenvalue weighted by molar-refractivity contribution is 6.39. The van der Waals surface area contributed by atoms with Gasteiger partial charge in [0, 0.05) is 10.0 Å². The maximum Gasteiger partial charge on any atom is 0.223 e. The molecule has 0 aliphatic heterocycles. The third-order valence-corrected chi connectivity index (χ3v) is 1.66. The maximum absolute atomic E-state index is 6.68. The van der Waals surface area contributed by atoms with E-state index in [4.69, 9.17) is 29.8 Å². The van der Waals surface area contributed by atoms with Crippen LogP contribution in [0.1, 0.15) is 0 Å². The fraction of sp³-hybridized carbons (Fsp3) is 0. The van der Waals surface area contributed by atoms with Gasteiger partial charge in [-0.1, -0.05) is 41.4 Å². The van der Waals surface area contributed by atoms with E-state index >= 15 is 0 Å².